The first-order valence-electron chi connectivity index (χ1n) is 11.5. The molecule has 1 aromatic carbocycles. The molecule has 0 saturated heterocycles. The number of rotatable bonds is 12. The van der Waals surface area contributed by atoms with Crippen molar-refractivity contribution in [2.45, 2.75) is 51.4 Å². The van der Waals surface area contributed by atoms with Crippen LogP contribution in [0.2, 0.25) is 0 Å². The van der Waals surface area contributed by atoms with Gasteiger partial charge in [0.1, 0.15) is 53.9 Å². The van der Waals surface area contributed by atoms with Crippen LogP contribution < -0.4 is 4.74 Å². The minimum Gasteiger partial charge on any atom is -0.488 e. The summed E-state index contributed by atoms with van der Waals surface area (Å²) >= 11 is 0. The van der Waals surface area contributed by atoms with Crippen LogP contribution in [-0.4, -0.2) is 43.0 Å². The van der Waals surface area contributed by atoms with E-state index in [0.717, 1.165) is 29.5 Å². The fourth-order valence-electron chi connectivity index (χ4n) is 4.48. The average molecular weight is 474 g/mol. The van der Waals surface area contributed by atoms with Crippen LogP contribution in [0.1, 0.15) is 35.9 Å². The molecular formula is C26H32FNO6. The highest BCUT2D eigenvalue weighted by Gasteiger charge is 2.37. The van der Waals surface area contributed by atoms with Gasteiger partial charge in [0.25, 0.3) is 0 Å². The summed E-state index contributed by atoms with van der Waals surface area (Å²) in [6.07, 6.45) is 0.473. The number of benzene rings is 1. The van der Waals surface area contributed by atoms with E-state index in [0.29, 0.717) is 45.0 Å². The summed E-state index contributed by atoms with van der Waals surface area (Å²) in [4.78, 5) is 2.20. The normalized spacial score (nSPS) is 20.3. The molecule has 1 N–H and O–H groups in total. The quantitative estimate of drug-likeness (QED) is 0.414. The van der Waals surface area contributed by atoms with Gasteiger partial charge in [0, 0.05) is 32.7 Å². The van der Waals surface area contributed by atoms with E-state index in [-0.39, 0.29) is 17.8 Å². The van der Waals surface area contributed by atoms with Gasteiger partial charge >= 0.3 is 0 Å². The van der Waals surface area contributed by atoms with Crippen LogP contribution in [0.25, 0.3) is 0 Å². The van der Waals surface area contributed by atoms with E-state index < -0.39 is 6.10 Å². The minimum atomic E-state index is -0.660. The zero-order chi connectivity index (χ0) is 23.9. The third kappa shape index (κ3) is 6.48. The maximum Gasteiger partial charge on any atom is 0.129 e. The van der Waals surface area contributed by atoms with Crippen molar-refractivity contribution in [2.24, 2.45) is 5.92 Å². The summed E-state index contributed by atoms with van der Waals surface area (Å²) < 4.78 is 41.5. The minimum absolute atomic E-state index is 0.000347. The molecule has 0 amide bonds. The predicted molar refractivity (Wildman–Crippen MR) is 123 cm³/mol. The first-order chi connectivity index (χ1) is 16.5. The number of aliphatic hydroxyl groups is 1. The van der Waals surface area contributed by atoms with Gasteiger partial charge in [0.15, 0.2) is 0 Å². The maximum absolute atomic E-state index is 13.5. The topological polar surface area (TPSA) is 77.4 Å². The molecule has 1 saturated carbocycles. The lowest BCUT2D eigenvalue weighted by Crippen LogP contribution is -2.37. The molecule has 0 unspecified atom stereocenters. The highest BCUT2D eigenvalue weighted by Crippen LogP contribution is 2.31. The van der Waals surface area contributed by atoms with Gasteiger partial charge in [-0.2, -0.15) is 0 Å². The summed E-state index contributed by atoms with van der Waals surface area (Å²) in [6, 6.07) is 13.7. The molecule has 2 aromatic heterocycles. The van der Waals surface area contributed by atoms with Crippen molar-refractivity contribution in [3.8, 4) is 5.75 Å². The van der Waals surface area contributed by atoms with Crippen LogP contribution in [0, 0.1) is 11.7 Å². The number of methoxy groups -OCH3 is 2. The zero-order valence-corrected chi connectivity index (χ0v) is 19.6. The third-order valence-corrected chi connectivity index (χ3v) is 6.03. The largest absolute Gasteiger partial charge is 0.488 e. The van der Waals surface area contributed by atoms with Crippen molar-refractivity contribution in [2.75, 3.05) is 20.8 Å². The number of furan rings is 2. The molecule has 8 heteroatoms. The molecule has 0 radical (unpaired) electrons. The smallest absolute Gasteiger partial charge is 0.129 e. The molecule has 0 aliphatic heterocycles. The van der Waals surface area contributed by atoms with Crippen LogP contribution in [0.3, 0.4) is 0 Å². The van der Waals surface area contributed by atoms with Crippen LogP contribution in [0.4, 0.5) is 4.39 Å². The van der Waals surface area contributed by atoms with E-state index >= 15 is 0 Å². The van der Waals surface area contributed by atoms with E-state index in [9.17, 15) is 9.50 Å². The zero-order valence-electron chi connectivity index (χ0n) is 19.6. The standard InChI is InChI=1S/C26H32FNO6/c1-30-16-23-9-7-21(32-23)14-28(15-22-8-10-24(33-22)17-31-2)13-18-6-11-25(26(18)29)34-20-5-3-4-19(27)12-20/h3-5,7-10,12,18,25-26,29H,6,11,13-17H2,1-2H3/t18-,25-,26-/m1/s1. The number of hydrogen-bond acceptors (Lipinski definition) is 7. The highest BCUT2D eigenvalue weighted by molar-refractivity contribution is 5.23. The Morgan fingerprint density at radius 1 is 0.912 bits per heavy atom. The number of ether oxygens (including phenoxy) is 3. The number of nitrogens with zero attached hydrogens (tertiary/aromatic N) is 1. The second kappa shape index (κ2) is 11.7. The molecule has 2 heterocycles. The van der Waals surface area contributed by atoms with Gasteiger partial charge in [-0.05, 0) is 49.2 Å². The summed E-state index contributed by atoms with van der Waals surface area (Å²) in [5.74, 6) is 3.24. The Hall–Kier alpha value is -2.65. The lowest BCUT2D eigenvalue weighted by atomic mass is 10.0. The van der Waals surface area contributed by atoms with Gasteiger partial charge in [-0.1, -0.05) is 6.07 Å². The van der Waals surface area contributed by atoms with Gasteiger partial charge in [-0.15, -0.1) is 0 Å². The van der Waals surface area contributed by atoms with Gasteiger partial charge in [0.2, 0.25) is 0 Å². The second-order valence-corrected chi connectivity index (χ2v) is 8.71. The van der Waals surface area contributed by atoms with Gasteiger partial charge < -0.3 is 28.2 Å². The molecule has 0 spiro atoms. The fraction of sp³-hybridized carbons (Fsp3) is 0.462. The Balaban J connectivity index is 1.43. The lowest BCUT2D eigenvalue weighted by molar-refractivity contribution is 0.0212. The van der Waals surface area contributed by atoms with E-state index in [1.165, 1.54) is 12.1 Å². The predicted octanol–water partition coefficient (Wildman–Crippen LogP) is 4.53. The van der Waals surface area contributed by atoms with Gasteiger partial charge in [0.05, 0.1) is 19.2 Å². The van der Waals surface area contributed by atoms with Crippen LogP contribution in [0.15, 0.2) is 57.4 Å². The van der Waals surface area contributed by atoms with Crippen molar-refractivity contribution < 1.29 is 32.5 Å². The maximum atomic E-state index is 13.5. The van der Waals surface area contributed by atoms with Crippen molar-refractivity contribution in [3.63, 3.8) is 0 Å². The number of hydrogen-bond donors (Lipinski definition) is 1. The summed E-state index contributed by atoms with van der Waals surface area (Å²) in [5.41, 5.74) is 0. The molecule has 34 heavy (non-hydrogen) atoms. The molecule has 4 rings (SSSR count). The Labute approximate surface area is 199 Å². The molecule has 1 fully saturated rings. The first-order valence-corrected chi connectivity index (χ1v) is 11.5. The SMILES string of the molecule is COCc1ccc(CN(Cc2ccc(COC)o2)C[C@H]2CC[C@@H](Oc3cccc(F)c3)[C@@H]2O)o1. The second-order valence-electron chi connectivity index (χ2n) is 8.71. The Morgan fingerprint density at radius 3 is 2.12 bits per heavy atom. The third-order valence-electron chi connectivity index (χ3n) is 6.03. The van der Waals surface area contributed by atoms with Crippen molar-refractivity contribution in [1.82, 2.24) is 4.90 Å². The molecule has 1 aliphatic rings. The van der Waals surface area contributed by atoms with Crippen molar-refractivity contribution in [1.29, 1.82) is 0 Å². The van der Waals surface area contributed by atoms with Crippen molar-refractivity contribution in [3.05, 3.63) is 77.4 Å². The van der Waals surface area contributed by atoms with Crippen LogP contribution in [-0.2, 0) is 35.8 Å². The van der Waals surface area contributed by atoms with Gasteiger partial charge in [-0.25, -0.2) is 4.39 Å². The van der Waals surface area contributed by atoms with E-state index in [2.05, 4.69) is 4.90 Å². The number of aliphatic hydroxyl groups excluding tert-OH is 1. The summed E-state index contributed by atoms with van der Waals surface area (Å²) in [7, 11) is 3.26. The molecular weight excluding hydrogens is 441 g/mol. The van der Waals surface area contributed by atoms with Gasteiger partial charge in [-0.3, -0.25) is 4.90 Å². The Bertz CT molecular complexity index is 987. The van der Waals surface area contributed by atoms with E-state index in [1.54, 1.807) is 26.4 Å². The van der Waals surface area contributed by atoms with E-state index in [1.807, 2.05) is 24.3 Å². The molecule has 3 atom stereocenters. The van der Waals surface area contributed by atoms with Crippen LogP contribution >= 0.6 is 0 Å². The Morgan fingerprint density at radius 2 is 1.53 bits per heavy atom. The first kappa shape index (κ1) is 24.5. The molecule has 7 nitrogen and oxygen atoms in total. The average Bonchev–Trinajstić information content (AvgIpc) is 3.52. The molecule has 3 aromatic rings. The number of halogens is 1. The molecule has 184 valence electrons. The van der Waals surface area contributed by atoms with E-state index in [4.69, 9.17) is 23.0 Å². The molecule has 1 aliphatic carbocycles. The monoisotopic (exact) mass is 473 g/mol. The lowest BCUT2D eigenvalue weighted by Gasteiger charge is -2.27. The van der Waals surface area contributed by atoms with Crippen molar-refractivity contribution >= 4 is 0 Å². The highest BCUT2D eigenvalue weighted by atomic mass is 19.1. The molecule has 0 bridgehead atoms. The summed E-state index contributed by atoms with van der Waals surface area (Å²) in [5, 5.41) is 11.0. The fourth-order valence-corrected chi connectivity index (χ4v) is 4.48. The van der Waals surface area contributed by atoms with Crippen LogP contribution in [0.5, 0.6) is 5.75 Å². The Kier molecular flexibility index (Phi) is 8.39. The summed E-state index contributed by atoms with van der Waals surface area (Å²) in [6.45, 7) is 2.58.